The number of carboxylic acid groups (broad SMARTS) is 1. The molecule has 0 spiro atoms. The SMILES string of the molecule is Cc1cccc(NC(=O)c2c(Br)c(Br)c(Br)c(Br)c2C(=O)O)c1C. The maximum absolute atomic E-state index is 12.8. The van der Waals surface area contributed by atoms with Gasteiger partial charge < -0.3 is 10.4 Å². The molecular formula is C16H11Br4NO3. The van der Waals surface area contributed by atoms with Gasteiger partial charge in [0, 0.05) is 23.6 Å². The first-order valence-electron chi connectivity index (χ1n) is 6.63. The highest BCUT2D eigenvalue weighted by Gasteiger charge is 2.28. The Morgan fingerprint density at radius 2 is 1.46 bits per heavy atom. The van der Waals surface area contributed by atoms with E-state index in [1.165, 1.54) is 0 Å². The predicted octanol–water partition coefficient (Wildman–Crippen LogP) is 6.30. The first kappa shape index (κ1) is 19.6. The third-order valence-electron chi connectivity index (χ3n) is 3.56. The highest BCUT2D eigenvalue weighted by molar-refractivity contribution is 9.15. The van der Waals surface area contributed by atoms with E-state index in [0.717, 1.165) is 11.1 Å². The number of amides is 1. The number of carboxylic acids is 1. The van der Waals surface area contributed by atoms with E-state index in [1.54, 1.807) is 6.07 Å². The smallest absolute Gasteiger partial charge is 0.337 e. The molecule has 0 unspecified atom stereocenters. The fourth-order valence-corrected chi connectivity index (χ4v) is 4.58. The van der Waals surface area contributed by atoms with Gasteiger partial charge >= 0.3 is 5.97 Å². The Hall–Kier alpha value is -0.700. The number of rotatable bonds is 3. The van der Waals surface area contributed by atoms with Gasteiger partial charge in [0.15, 0.2) is 0 Å². The number of hydrogen-bond acceptors (Lipinski definition) is 2. The van der Waals surface area contributed by atoms with Crippen LogP contribution in [0.3, 0.4) is 0 Å². The fraction of sp³-hybridized carbons (Fsp3) is 0.125. The van der Waals surface area contributed by atoms with E-state index in [1.807, 2.05) is 26.0 Å². The quantitative estimate of drug-likeness (QED) is 0.329. The Morgan fingerprint density at radius 1 is 0.917 bits per heavy atom. The van der Waals surface area contributed by atoms with Crippen molar-refractivity contribution in [1.29, 1.82) is 0 Å². The lowest BCUT2D eigenvalue weighted by Crippen LogP contribution is -2.19. The number of benzene rings is 2. The van der Waals surface area contributed by atoms with Crippen molar-refractivity contribution in [3.05, 3.63) is 58.3 Å². The molecule has 4 nitrogen and oxygen atoms in total. The molecule has 24 heavy (non-hydrogen) atoms. The van der Waals surface area contributed by atoms with Crippen LogP contribution in [0.2, 0.25) is 0 Å². The van der Waals surface area contributed by atoms with E-state index in [2.05, 4.69) is 69.0 Å². The van der Waals surface area contributed by atoms with Crippen LogP contribution < -0.4 is 5.32 Å². The van der Waals surface area contributed by atoms with E-state index in [9.17, 15) is 14.7 Å². The minimum Gasteiger partial charge on any atom is -0.478 e. The minimum absolute atomic E-state index is 0.0327. The molecule has 2 aromatic rings. The van der Waals surface area contributed by atoms with Gasteiger partial charge in [-0.2, -0.15) is 0 Å². The number of aryl methyl sites for hydroxylation is 1. The minimum atomic E-state index is -1.21. The zero-order chi connectivity index (χ0) is 18.2. The summed E-state index contributed by atoms with van der Waals surface area (Å²) in [5.74, 6) is -1.72. The van der Waals surface area contributed by atoms with Crippen molar-refractivity contribution in [3.63, 3.8) is 0 Å². The van der Waals surface area contributed by atoms with Crippen LogP contribution in [0, 0.1) is 13.8 Å². The second-order valence-corrected chi connectivity index (χ2v) is 8.18. The summed E-state index contributed by atoms with van der Waals surface area (Å²) in [7, 11) is 0. The lowest BCUT2D eigenvalue weighted by atomic mass is 10.1. The highest BCUT2D eigenvalue weighted by atomic mass is 79.9. The number of carbonyl (C=O) groups excluding carboxylic acids is 1. The predicted molar refractivity (Wildman–Crippen MR) is 108 cm³/mol. The van der Waals surface area contributed by atoms with Crippen LogP contribution in [0.4, 0.5) is 5.69 Å². The van der Waals surface area contributed by atoms with Crippen molar-refractivity contribution in [2.45, 2.75) is 13.8 Å². The number of anilines is 1. The Labute approximate surface area is 172 Å². The largest absolute Gasteiger partial charge is 0.478 e. The van der Waals surface area contributed by atoms with E-state index in [0.29, 0.717) is 19.1 Å². The van der Waals surface area contributed by atoms with Crippen LogP contribution in [0.25, 0.3) is 0 Å². The lowest BCUT2D eigenvalue weighted by Gasteiger charge is -2.16. The topological polar surface area (TPSA) is 66.4 Å². The molecule has 0 bridgehead atoms. The molecule has 2 aromatic carbocycles. The molecule has 0 heterocycles. The van der Waals surface area contributed by atoms with Gasteiger partial charge in [-0.15, -0.1) is 0 Å². The normalized spacial score (nSPS) is 10.6. The Morgan fingerprint density at radius 3 is 2.00 bits per heavy atom. The molecule has 126 valence electrons. The molecule has 1 amide bonds. The van der Waals surface area contributed by atoms with E-state index in [4.69, 9.17) is 0 Å². The van der Waals surface area contributed by atoms with Crippen LogP contribution in [0.1, 0.15) is 31.8 Å². The summed E-state index contributed by atoms with van der Waals surface area (Å²) in [6, 6.07) is 5.55. The zero-order valence-electron chi connectivity index (χ0n) is 12.5. The standard InChI is InChI=1S/C16H11Br4NO3/c1-6-4-3-5-8(7(6)2)21-15(22)9-10(16(23)24)12(18)14(20)13(19)11(9)17/h3-5H,1-2H3,(H,21,22)(H,23,24). The van der Waals surface area contributed by atoms with Gasteiger partial charge in [-0.05, 0) is 94.8 Å². The molecule has 0 aliphatic heterocycles. The van der Waals surface area contributed by atoms with E-state index < -0.39 is 11.9 Å². The number of hydrogen-bond donors (Lipinski definition) is 2. The Kier molecular flexibility index (Phi) is 6.28. The second kappa shape index (κ2) is 7.68. The van der Waals surface area contributed by atoms with Crippen LogP contribution in [0.15, 0.2) is 36.1 Å². The summed E-state index contributed by atoms with van der Waals surface area (Å²) in [5, 5.41) is 12.3. The first-order chi connectivity index (χ1) is 11.2. The molecule has 2 N–H and O–H groups in total. The van der Waals surface area contributed by atoms with Crippen molar-refractivity contribution in [3.8, 4) is 0 Å². The summed E-state index contributed by atoms with van der Waals surface area (Å²) in [4.78, 5) is 24.4. The summed E-state index contributed by atoms with van der Waals surface area (Å²) in [6.45, 7) is 3.84. The Bertz CT molecular complexity index is 865. The molecule has 0 atom stereocenters. The maximum Gasteiger partial charge on any atom is 0.337 e. The van der Waals surface area contributed by atoms with Gasteiger partial charge in [0.2, 0.25) is 0 Å². The summed E-state index contributed by atoms with van der Waals surface area (Å²) in [6.07, 6.45) is 0. The summed E-state index contributed by atoms with van der Waals surface area (Å²) in [5.41, 5.74) is 2.50. The van der Waals surface area contributed by atoms with Gasteiger partial charge in [-0.25, -0.2) is 4.79 Å². The molecule has 0 saturated heterocycles. The van der Waals surface area contributed by atoms with Crippen molar-refractivity contribution in [2.75, 3.05) is 5.32 Å². The third-order valence-corrected chi connectivity index (χ3v) is 8.33. The van der Waals surface area contributed by atoms with Gasteiger partial charge in [-0.3, -0.25) is 4.79 Å². The van der Waals surface area contributed by atoms with Crippen LogP contribution >= 0.6 is 63.7 Å². The molecule has 0 fully saturated rings. The average Bonchev–Trinajstić information content (AvgIpc) is 2.52. The maximum atomic E-state index is 12.8. The van der Waals surface area contributed by atoms with Crippen molar-refractivity contribution in [1.82, 2.24) is 0 Å². The van der Waals surface area contributed by atoms with Crippen LogP contribution in [-0.4, -0.2) is 17.0 Å². The molecule has 0 aromatic heterocycles. The highest BCUT2D eigenvalue weighted by Crippen LogP contribution is 2.42. The van der Waals surface area contributed by atoms with Gasteiger partial charge in [0.1, 0.15) is 0 Å². The number of nitrogens with one attached hydrogen (secondary N) is 1. The second-order valence-electron chi connectivity index (χ2n) is 5.01. The van der Waals surface area contributed by atoms with Crippen molar-refractivity contribution in [2.24, 2.45) is 0 Å². The van der Waals surface area contributed by atoms with Gasteiger partial charge in [0.25, 0.3) is 5.91 Å². The molecular weight excluding hydrogens is 574 g/mol. The van der Waals surface area contributed by atoms with Gasteiger partial charge in [0.05, 0.1) is 11.1 Å². The van der Waals surface area contributed by atoms with Gasteiger partial charge in [-0.1, -0.05) is 12.1 Å². The lowest BCUT2D eigenvalue weighted by molar-refractivity contribution is 0.0691. The van der Waals surface area contributed by atoms with E-state index >= 15 is 0 Å². The molecule has 0 radical (unpaired) electrons. The van der Waals surface area contributed by atoms with Crippen LogP contribution in [-0.2, 0) is 0 Å². The van der Waals surface area contributed by atoms with E-state index in [-0.39, 0.29) is 15.6 Å². The summed E-state index contributed by atoms with van der Waals surface area (Å²) < 4.78 is 1.70. The fourth-order valence-electron chi connectivity index (χ4n) is 2.12. The number of halogens is 4. The molecule has 8 heteroatoms. The molecule has 2 rings (SSSR count). The number of aromatic carboxylic acids is 1. The van der Waals surface area contributed by atoms with Crippen LogP contribution in [0.5, 0.6) is 0 Å². The molecule has 0 aliphatic carbocycles. The van der Waals surface area contributed by atoms with Crippen molar-refractivity contribution < 1.29 is 14.7 Å². The number of carbonyl (C=O) groups is 2. The first-order valence-corrected chi connectivity index (χ1v) is 9.80. The average molecular weight is 585 g/mol. The Balaban J connectivity index is 2.61. The monoisotopic (exact) mass is 581 g/mol. The zero-order valence-corrected chi connectivity index (χ0v) is 18.9. The molecule has 0 aliphatic rings. The summed E-state index contributed by atoms with van der Waals surface area (Å²) >= 11 is 13.2. The molecule has 0 saturated carbocycles. The van der Waals surface area contributed by atoms with Crippen molar-refractivity contribution >= 4 is 81.3 Å². The third kappa shape index (κ3) is 3.61.